The predicted octanol–water partition coefficient (Wildman–Crippen LogP) is 4.98. The van der Waals surface area contributed by atoms with Crippen molar-refractivity contribution in [2.75, 3.05) is 76.3 Å². The van der Waals surface area contributed by atoms with E-state index in [-0.39, 0.29) is 37.1 Å². The second kappa shape index (κ2) is 20.6. The van der Waals surface area contributed by atoms with Crippen LogP contribution in [-0.4, -0.2) is 105 Å². The first-order chi connectivity index (χ1) is 23.7. The fraction of sp³-hybridized carbons (Fsp3) is 0.474. The van der Waals surface area contributed by atoms with Gasteiger partial charge in [0.1, 0.15) is 17.7 Å². The highest BCUT2D eigenvalue weighted by atomic mass is 35.5. The molecular weight excluding hydrogens is 640 g/mol. The monoisotopic (exact) mass is 694 g/mol. The number of likely N-dealkylation sites (N-methyl/N-ethyl adjacent to an activating group) is 1. The number of halogens is 1. The number of ether oxygens (including phenoxy) is 2. The molecule has 1 amide bonds. The van der Waals surface area contributed by atoms with Crippen molar-refractivity contribution >= 4 is 29.0 Å². The standard InChI is InChI=1S/C38H55ClN6O4/c1-8-13-31(14-12-17-39)48-27-38(47)44-22-20-43(21-23-44)26-37-42-29(7)32(9-2)33(10-3)45(37)34-24-30(15-16-36(34)49-28(5)6)35(46)25-41-19-18-40-11-4/h8-10,12-16,24,28,37,40-42H,1,7,11,17-23,25-27H2,2-6H3/b14-12-,31-13+,32-9-,33-10+. The van der Waals surface area contributed by atoms with Gasteiger partial charge in [0.25, 0.3) is 5.91 Å². The molecule has 0 aromatic heterocycles. The molecule has 0 saturated carbocycles. The molecule has 2 fully saturated rings. The summed E-state index contributed by atoms with van der Waals surface area (Å²) >= 11 is 5.76. The molecule has 2 saturated heterocycles. The molecule has 3 rings (SSSR count). The molecule has 10 nitrogen and oxygen atoms in total. The number of ketones is 1. The number of rotatable bonds is 18. The third kappa shape index (κ3) is 11.6. The molecule has 11 heteroatoms. The number of carbonyl (C=O) groups is 2. The van der Waals surface area contributed by atoms with Crippen LogP contribution < -0.4 is 25.6 Å². The summed E-state index contributed by atoms with van der Waals surface area (Å²) in [6.45, 7) is 23.9. The molecule has 0 aliphatic carbocycles. The summed E-state index contributed by atoms with van der Waals surface area (Å²) in [5, 5.41) is 10.2. The van der Waals surface area contributed by atoms with Crippen molar-refractivity contribution in [2.24, 2.45) is 0 Å². The Balaban J connectivity index is 1.83. The van der Waals surface area contributed by atoms with Gasteiger partial charge in [0.2, 0.25) is 0 Å². The minimum atomic E-state index is -0.216. The Kier molecular flexibility index (Phi) is 16.7. The Morgan fingerprint density at radius 2 is 1.86 bits per heavy atom. The average Bonchev–Trinajstić information content (AvgIpc) is 3.09. The van der Waals surface area contributed by atoms with Gasteiger partial charge in [-0.25, -0.2) is 0 Å². The van der Waals surface area contributed by atoms with Crippen molar-refractivity contribution in [3.8, 4) is 5.75 Å². The van der Waals surface area contributed by atoms with Gasteiger partial charge < -0.3 is 35.2 Å². The van der Waals surface area contributed by atoms with Crippen LogP contribution in [-0.2, 0) is 9.53 Å². The van der Waals surface area contributed by atoms with Crippen LogP contribution in [0, 0.1) is 0 Å². The Bertz CT molecular complexity index is 1410. The summed E-state index contributed by atoms with van der Waals surface area (Å²) in [6.07, 6.45) is 10.7. The van der Waals surface area contributed by atoms with E-state index in [0.29, 0.717) is 62.2 Å². The van der Waals surface area contributed by atoms with Crippen LogP contribution in [0.4, 0.5) is 5.69 Å². The number of hydrogen-bond donors (Lipinski definition) is 3. The molecule has 1 atom stereocenters. The second-order valence-electron chi connectivity index (χ2n) is 12.0. The third-order valence-electron chi connectivity index (χ3n) is 8.16. The maximum absolute atomic E-state index is 13.4. The van der Waals surface area contributed by atoms with Crippen LogP contribution in [0.15, 0.2) is 90.5 Å². The average molecular weight is 695 g/mol. The molecule has 268 valence electrons. The number of amides is 1. The lowest BCUT2D eigenvalue weighted by Gasteiger charge is -2.46. The highest BCUT2D eigenvalue weighted by Crippen LogP contribution is 2.39. The highest BCUT2D eigenvalue weighted by molar-refractivity contribution is 6.18. The first-order valence-electron chi connectivity index (χ1n) is 17.2. The number of anilines is 1. The third-order valence-corrected chi connectivity index (χ3v) is 8.34. The number of hydrogen-bond acceptors (Lipinski definition) is 9. The van der Waals surface area contributed by atoms with Gasteiger partial charge in [0.05, 0.1) is 18.3 Å². The van der Waals surface area contributed by atoms with Crippen molar-refractivity contribution in [1.29, 1.82) is 0 Å². The summed E-state index contributed by atoms with van der Waals surface area (Å²) in [7, 11) is 0. The van der Waals surface area contributed by atoms with Crippen LogP contribution >= 0.6 is 11.6 Å². The van der Waals surface area contributed by atoms with Gasteiger partial charge in [0.15, 0.2) is 12.4 Å². The van der Waals surface area contributed by atoms with E-state index < -0.39 is 0 Å². The van der Waals surface area contributed by atoms with Crippen molar-refractivity contribution in [2.45, 2.75) is 46.9 Å². The largest absolute Gasteiger partial charge is 0.489 e. The number of Topliss-reactive ketones (excluding diaryl/α,β-unsaturated/α-hetero) is 1. The Hall–Kier alpha value is -3.83. The Morgan fingerprint density at radius 3 is 2.49 bits per heavy atom. The summed E-state index contributed by atoms with van der Waals surface area (Å²) < 4.78 is 12.1. The van der Waals surface area contributed by atoms with Crippen molar-refractivity contribution < 1.29 is 19.1 Å². The zero-order chi connectivity index (χ0) is 35.8. The lowest BCUT2D eigenvalue weighted by molar-refractivity contribution is -0.136. The highest BCUT2D eigenvalue weighted by Gasteiger charge is 2.35. The zero-order valence-corrected chi connectivity index (χ0v) is 30.7. The summed E-state index contributed by atoms with van der Waals surface area (Å²) in [6, 6.07) is 5.69. The number of nitrogens with zero attached hydrogens (tertiary/aromatic N) is 3. The van der Waals surface area contributed by atoms with E-state index in [4.69, 9.17) is 21.1 Å². The van der Waals surface area contributed by atoms with Gasteiger partial charge in [-0.3, -0.25) is 14.5 Å². The normalized spacial score (nSPS) is 19.2. The van der Waals surface area contributed by atoms with Gasteiger partial charge in [-0.2, -0.15) is 0 Å². The number of alkyl halides is 1. The number of allylic oxidation sites excluding steroid dienone is 6. The van der Waals surface area contributed by atoms with E-state index in [2.05, 4.69) is 51.9 Å². The SMILES string of the molecule is C=C/C=C(\C=C/CCl)OCC(=O)N1CCN(CC2NC(=C)C(=C/C)/C(=C\C)N2c2cc(C(=O)CNCCNCC)ccc2OC(C)C)CC1. The van der Waals surface area contributed by atoms with Crippen LogP contribution in [0.3, 0.4) is 0 Å². The second-order valence-corrected chi connectivity index (χ2v) is 12.3. The number of piperazine rings is 1. The smallest absolute Gasteiger partial charge is 0.260 e. The van der Waals surface area contributed by atoms with E-state index in [1.807, 2.05) is 56.9 Å². The molecule has 1 aromatic rings. The minimum absolute atomic E-state index is 0.0139. The fourth-order valence-corrected chi connectivity index (χ4v) is 5.91. The topological polar surface area (TPSA) is 98.4 Å². The maximum atomic E-state index is 13.4. The lowest BCUT2D eigenvalue weighted by atomic mass is 10.00. The molecule has 0 bridgehead atoms. The maximum Gasteiger partial charge on any atom is 0.260 e. The number of benzene rings is 1. The quantitative estimate of drug-likeness (QED) is 0.0647. The number of carbonyl (C=O) groups excluding carboxylic acids is 2. The lowest BCUT2D eigenvalue weighted by Crippen LogP contribution is -2.58. The van der Waals surface area contributed by atoms with E-state index in [0.717, 1.165) is 35.7 Å². The molecule has 2 aliphatic rings. The molecule has 1 aromatic carbocycles. The van der Waals surface area contributed by atoms with Crippen LogP contribution in [0.25, 0.3) is 0 Å². The van der Waals surface area contributed by atoms with Crippen LogP contribution in [0.2, 0.25) is 0 Å². The molecule has 0 radical (unpaired) electrons. The molecular formula is C38H55ClN6O4. The minimum Gasteiger partial charge on any atom is -0.489 e. The predicted molar refractivity (Wildman–Crippen MR) is 201 cm³/mol. The summed E-state index contributed by atoms with van der Waals surface area (Å²) in [5.41, 5.74) is 4.22. The molecule has 0 spiro atoms. The van der Waals surface area contributed by atoms with E-state index >= 15 is 0 Å². The fourth-order valence-electron chi connectivity index (χ4n) is 5.82. The molecule has 2 heterocycles. The first-order valence-corrected chi connectivity index (χ1v) is 17.7. The molecule has 3 N–H and O–H groups in total. The van der Waals surface area contributed by atoms with E-state index in [1.54, 1.807) is 24.3 Å². The van der Waals surface area contributed by atoms with E-state index in [9.17, 15) is 9.59 Å². The van der Waals surface area contributed by atoms with Gasteiger partial charge in [0, 0.05) is 74.2 Å². The first kappa shape index (κ1) is 39.6. The summed E-state index contributed by atoms with van der Waals surface area (Å²) in [5.74, 6) is 1.53. The van der Waals surface area contributed by atoms with Gasteiger partial charge in [-0.15, -0.1) is 11.6 Å². The Morgan fingerprint density at radius 1 is 1.12 bits per heavy atom. The van der Waals surface area contributed by atoms with Crippen molar-refractivity contribution in [3.63, 3.8) is 0 Å². The van der Waals surface area contributed by atoms with Crippen molar-refractivity contribution in [3.05, 3.63) is 96.1 Å². The van der Waals surface area contributed by atoms with Crippen LogP contribution in [0.1, 0.15) is 45.0 Å². The van der Waals surface area contributed by atoms with Gasteiger partial charge in [-0.1, -0.05) is 44.4 Å². The van der Waals surface area contributed by atoms with E-state index in [1.165, 1.54) is 0 Å². The van der Waals surface area contributed by atoms with Crippen LogP contribution in [0.5, 0.6) is 5.75 Å². The Labute approximate surface area is 298 Å². The molecule has 49 heavy (non-hydrogen) atoms. The van der Waals surface area contributed by atoms with Crippen molar-refractivity contribution in [1.82, 2.24) is 25.8 Å². The zero-order valence-electron chi connectivity index (χ0n) is 29.9. The molecule has 2 aliphatic heterocycles. The van der Waals surface area contributed by atoms with Gasteiger partial charge in [-0.05, 0) is 64.6 Å². The molecule has 1 unspecified atom stereocenters. The number of nitrogens with one attached hydrogen (secondary N) is 3. The summed E-state index contributed by atoms with van der Waals surface area (Å²) in [4.78, 5) is 32.8. The van der Waals surface area contributed by atoms with Gasteiger partial charge >= 0.3 is 0 Å².